The van der Waals surface area contributed by atoms with Crippen molar-refractivity contribution in [1.82, 2.24) is 9.55 Å². The van der Waals surface area contributed by atoms with Gasteiger partial charge in [-0.05, 0) is 36.8 Å². The Balaban J connectivity index is 2.21. The number of anilines is 1. The number of nitriles is 1. The first kappa shape index (κ1) is 12.9. The van der Waals surface area contributed by atoms with Crippen molar-refractivity contribution in [2.45, 2.75) is 6.92 Å². The van der Waals surface area contributed by atoms with E-state index in [2.05, 4.69) is 11.1 Å². The van der Waals surface area contributed by atoms with Crippen LogP contribution in [0.15, 0.2) is 54.9 Å². The highest BCUT2D eigenvalue weighted by Crippen LogP contribution is 2.25. The van der Waals surface area contributed by atoms with Crippen LogP contribution < -0.4 is 5.73 Å². The second-order valence-electron chi connectivity index (χ2n) is 4.88. The lowest BCUT2D eigenvalue weighted by atomic mass is 10.1. The van der Waals surface area contributed by atoms with E-state index < -0.39 is 0 Å². The molecule has 21 heavy (non-hydrogen) atoms. The molecule has 0 radical (unpaired) electrons. The van der Waals surface area contributed by atoms with Gasteiger partial charge in [-0.3, -0.25) is 4.57 Å². The van der Waals surface area contributed by atoms with E-state index in [-0.39, 0.29) is 0 Å². The molecule has 0 atom stereocenters. The molecule has 0 saturated carbocycles. The van der Waals surface area contributed by atoms with Crippen LogP contribution in [0.4, 0.5) is 5.69 Å². The Labute approximate surface area is 123 Å². The Morgan fingerprint density at radius 3 is 2.81 bits per heavy atom. The number of aryl methyl sites for hydroxylation is 1. The maximum absolute atomic E-state index is 9.31. The lowest BCUT2D eigenvalue weighted by molar-refractivity contribution is 1.06. The molecule has 4 nitrogen and oxygen atoms in total. The van der Waals surface area contributed by atoms with Crippen LogP contribution in [0.25, 0.3) is 17.1 Å². The third-order valence-electron chi connectivity index (χ3n) is 3.32. The Bertz CT molecular complexity index is 840. The molecule has 0 aliphatic rings. The zero-order valence-corrected chi connectivity index (χ0v) is 11.6. The zero-order chi connectivity index (χ0) is 14.8. The fraction of sp³-hybridized carbons (Fsp3) is 0.0588. The fourth-order valence-corrected chi connectivity index (χ4v) is 2.32. The van der Waals surface area contributed by atoms with E-state index in [0.29, 0.717) is 11.3 Å². The lowest BCUT2D eigenvalue weighted by Gasteiger charge is -2.11. The molecular formula is C17H14N4. The van der Waals surface area contributed by atoms with Crippen LogP contribution in [0.5, 0.6) is 0 Å². The molecule has 0 aliphatic carbocycles. The van der Waals surface area contributed by atoms with Gasteiger partial charge in [0.05, 0.1) is 11.3 Å². The summed E-state index contributed by atoms with van der Waals surface area (Å²) in [5.74, 6) is 0.768. The SMILES string of the molecule is Cc1ccc(C#N)c(-n2ccnc2-c2cccc(N)c2)c1. The van der Waals surface area contributed by atoms with Crippen molar-refractivity contribution < 1.29 is 0 Å². The van der Waals surface area contributed by atoms with E-state index in [4.69, 9.17) is 5.73 Å². The van der Waals surface area contributed by atoms with Crippen LogP contribution in [0, 0.1) is 18.3 Å². The molecule has 102 valence electrons. The molecule has 3 rings (SSSR count). The molecule has 0 saturated heterocycles. The normalized spacial score (nSPS) is 10.3. The average Bonchev–Trinajstić information content (AvgIpc) is 2.96. The first-order chi connectivity index (χ1) is 10.2. The van der Waals surface area contributed by atoms with Crippen molar-refractivity contribution in [3.63, 3.8) is 0 Å². The molecule has 0 fully saturated rings. The standard InChI is InChI=1S/C17H14N4/c1-12-5-6-14(11-18)16(9-12)21-8-7-20-17(21)13-3-2-4-15(19)10-13/h2-10H,19H2,1H3. The Morgan fingerprint density at radius 2 is 2.05 bits per heavy atom. The number of hydrogen-bond acceptors (Lipinski definition) is 3. The highest BCUT2D eigenvalue weighted by atomic mass is 15.1. The van der Waals surface area contributed by atoms with Crippen molar-refractivity contribution in [3.05, 3.63) is 66.0 Å². The third-order valence-corrected chi connectivity index (χ3v) is 3.32. The molecule has 0 unspecified atom stereocenters. The minimum Gasteiger partial charge on any atom is -0.399 e. The number of nitrogen functional groups attached to an aromatic ring is 1. The van der Waals surface area contributed by atoms with Crippen molar-refractivity contribution in [1.29, 1.82) is 5.26 Å². The van der Waals surface area contributed by atoms with Crippen molar-refractivity contribution in [2.24, 2.45) is 0 Å². The van der Waals surface area contributed by atoms with E-state index in [1.165, 1.54) is 0 Å². The molecule has 2 N–H and O–H groups in total. The number of hydrogen-bond donors (Lipinski definition) is 1. The number of rotatable bonds is 2. The molecule has 1 aromatic heterocycles. The Kier molecular flexibility index (Phi) is 3.17. The van der Waals surface area contributed by atoms with Crippen molar-refractivity contribution in [2.75, 3.05) is 5.73 Å². The number of benzene rings is 2. The number of nitrogens with two attached hydrogens (primary N) is 1. The van der Waals surface area contributed by atoms with E-state index in [1.807, 2.05) is 60.2 Å². The van der Waals surface area contributed by atoms with Gasteiger partial charge in [0.1, 0.15) is 11.9 Å². The van der Waals surface area contributed by atoms with Gasteiger partial charge in [-0.2, -0.15) is 5.26 Å². The molecule has 2 aromatic carbocycles. The van der Waals surface area contributed by atoms with E-state index in [1.54, 1.807) is 6.20 Å². The third kappa shape index (κ3) is 2.37. The van der Waals surface area contributed by atoms with Crippen LogP contribution >= 0.6 is 0 Å². The van der Waals surface area contributed by atoms with E-state index >= 15 is 0 Å². The van der Waals surface area contributed by atoms with Gasteiger partial charge in [0.2, 0.25) is 0 Å². The molecular weight excluding hydrogens is 260 g/mol. The van der Waals surface area contributed by atoms with Gasteiger partial charge < -0.3 is 5.73 Å². The zero-order valence-electron chi connectivity index (χ0n) is 11.6. The minimum atomic E-state index is 0.615. The van der Waals surface area contributed by atoms with Crippen molar-refractivity contribution in [3.8, 4) is 23.1 Å². The summed E-state index contributed by atoms with van der Waals surface area (Å²) in [4.78, 5) is 4.41. The topological polar surface area (TPSA) is 67.6 Å². The van der Waals surface area contributed by atoms with Gasteiger partial charge in [-0.15, -0.1) is 0 Å². The molecule has 3 aromatic rings. The molecule has 0 aliphatic heterocycles. The van der Waals surface area contributed by atoms with Crippen LogP contribution in [0.1, 0.15) is 11.1 Å². The summed E-state index contributed by atoms with van der Waals surface area (Å²) in [6.07, 6.45) is 3.58. The Morgan fingerprint density at radius 1 is 1.19 bits per heavy atom. The van der Waals surface area contributed by atoms with E-state index in [9.17, 15) is 5.26 Å². The largest absolute Gasteiger partial charge is 0.399 e. The monoisotopic (exact) mass is 274 g/mol. The highest BCUT2D eigenvalue weighted by molar-refractivity contribution is 5.65. The first-order valence-corrected chi connectivity index (χ1v) is 6.59. The van der Waals surface area contributed by atoms with Crippen LogP contribution in [0.2, 0.25) is 0 Å². The smallest absolute Gasteiger partial charge is 0.144 e. The number of nitrogens with zero attached hydrogens (tertiary/aromatic N) is 3. The predicted molar refractivity (Wildman–Crippen MR) is 82.9 cm³/mol. The van der Waals surface area contributed by atoms with Gasteiger partial charge in [-0.25, -0.2) is 4.98 Å². The van der Waals surface area contributed by atoms with E-state index in [0.717, 1.165) is 22.6 Å². The Hall–Kier alpha value is -3.06. The number of aromatic nitrogens is 2. The highest BCUT2D eigenvalue weighted by Gasteiger charge is 2.11. The summed E-state index contributed by atoms with van der Waals surface area (Å²) in [5, 5.41) is 9.31. The summed E-state index contributed by atoms with van der Waals surface area (Å²) in [6.45, 7) is 2.00. The van der Waals surface area contributed by atoms with Gasteiger partial charge in [0.25, 0.3) is 0 Å². The average molecular weight is 274 g/mol. The summed E-state index contributed by atoms with van der Waals surface area (Å²) >= 11 is 0. The summed E-state index contributed by atoms with van der Waals surface area (Å²) in [5.41, 5.74) is 9.99. The molecule has 4 heteroatoms. The summed E-state index contributed by atoms with van der Waals surface area (Å²) in [7, 11) is 0. The second-order valence-corrected chi connectivity index (χ2v) is 4.88. The summed E-state index contributed by atoms with van der Waals surface area (Å²) < 4.78 is 1.92. The molecule has 0 amide bonds. The van der Waals surface area contributed by atoms with Gasteiger partial charge >= 0.3 is 0 Å². The quantitative estimate of drug-likeness (QED) is 0.729. The van der Waals surface area contributed by atoms with Gasteiger partial charge in [0, 0.05) is 23.6 Å². The molecule has 0 bridgehead atoms. The fourth-order valence-electron chi connectivity index (χ4n) is 2.32. The molecule has 1 heterocycles. The number of imidazole rings is 1. The maximum Gasteiger partial charge on any atom is 0.144 e. The lowest BCUT2D eigenvalue weighted by Crippen LogP contribution is -2.00. The predicted octanol–water partition coefficient (Wildman–Crippen LogP) is 3.30. The first-order valence-electron chi connectivity index (χ1n) is 6.59. The maximum atomic E-state index is 9.31. The van der Waals surface area contributed by atoms with Crippen LogP contribution in [-0.2, 0) is 0 Å². The second kappa shape index (κ2) is 5.14. The van der Waals surface area contributed by atoms with Crippen LogP contribution in [-0.4, -0.2) is 9.55 Å². The van der Waals surface area contributed by atoms with Gasteiger partial charge in [0.15, 0.2) is 0 Å². The van der Waals surface area contributed by atoms with Crippen LogP contribution in [0.3, 0.4) is 0 Å². The van der Waals surface area contributed by atoms with Gasteiger partial charge in [-0.1, -0.05) is 18.2 Å². The minimum absolute atomic E-state index is 0.615. The molecule has 0 spiro atoms. The van der Waals surface area contributed by atoms with Crippen molar-refractivity contribution >= 4 is 5.69 Å². The summed E-state index contributed by atoms with van der Waals surface area (Å²) in [6, 6.07) is 15.5.